The number of hydrogen-bond donors (Lipinski definition) is 0. The molecule has 0 N–H and O–H groups in total. The number of carbonyl (C=O) groups excluding carboxylic acids is 1. The van der Waals surface area contributed by atoms with Gasteiger partial charge in [-0.05, 0) is 45.9 Å². The van der Waals surface area contributed by atoms with Crippen molar-refractivity contribution in [3.05, 3.63) is 60.2 Å². The third kappa shape index (κ3) is 3.68. The first kappa shape index (κ1) is 15.7. The molecule has 0 spiro atoms. The first-order valence-electron chi connectivity index (χ1n) is 6.12. The molecule has 1 aromatic heterocycles. The van der Waals surface area contributed by atoms with Gasteiger partial charge in [0.2, 0.25) is 0 Å². The van der Waals surface area contributed by atoms with Gasteiger partial charge in [-0.2, -0.15) is 0 Å². The number of aryl methyl sites for hydroxylation is 1. The van der Waals surface area contributed by atoms with Crippen molar-refractivity contribution in [1.82, 2.24) is 4.90 Å². The van der Waals surface area contributed by atoms with Crippen molar-refractivity contribution >= 4 is 38.9 Å². The fraction of sp³-hybridized carbons (Fsp3) is 0.214. The van der Waals surface area contributed by atoms with E-state index in [-0.39, 0.29) is 11.6 Å². The standard InChI is InChI=1S/C14H13BrN2O3S/c1-9-3-4-11(6-12(9)17(19)20)14(18)16(2)7-10-5-13(15)21-8-10/h3-6,8H,7H2,1-2H3. The first-order valence-corrected chi connectivity index (χ1v) is 7.79. The highest BCUT2D eigenvalue weighted by atomic mass is 79.9. The fourth-order valence-corrected chi connectivity index (χ4v) is 3.13. The molecule has 0 radical (unpaired) electrons. The summed E-state index contributed by atoms with van der Waals surface area (Å²) in [5.41, 5.74) is 1.85. The summed E-state index contributed by atoms with van der Waals surface area (Å²) < 4.78 is 1.00. The van der Waals surface area contributed by atoms with E-state index in [1.165, 1.54) is 6.07 Å². The van der Waals surface area contributed by atoms with Gasteiger partial charge in [-0.15, -0.1) is 11.3 Å². The zero-order valence-corrected chi connectivity index (χ0v) is 13.9. The van der Waals surface area contributed by atoms with E-state index in [0.29, 0.717) is 17.7 Å². The molecule has 0 atom stereocenters. The van der Waals surface area contributed by atoms with Crippen LogP contribution in [0.3, 0.4) is 0 Å². The molecule has 2 rings (SSSR count). The molecule has 0 fully saturated rings. The minimum atomic E-state index is -0.470. The van der Waals surface area contributed by atoms with Crippen LogP contribution in [-0.4, -0.2) is 22.8 Å². The summed E-state index contributed by atoms with van der Waals surface area (Å²) in [6.07, 6.45) is 0. The highest BCUT2D eigenvalue weighted by molar-refractivity contribution is 9.11. The summed E-state index contributed by atoms with van der Waals surface area (Å²) in [7, 11) is 1.68. The quantitative estimate of drug-likeness (QED) is 0.605. The van der Waals surface area contributed by atoms with Crippen molar-refractivity contribution in [1.29, 1.82) is 0 Å². The van der Waals surface area contributed by atoms with Crippen LogP contribution in [0.2, 0.25) is 0 Å². The average molecular weight is 369 g/mol. The smallest absolute Gasteiger partial charge is 0.273 e. The van der Waals surface area contributed by atoms with Gasteiger partial charge in [0.05, 0.1) is 8.71 Å². The number of nitro benzene ring substituents is 1. The summed E-state index contributed by atoms with van der Waals surface area (Å²) in [5, 5.41) is 12.9. The van der Waals surface area contributed by atoms with E-state index < -0.39 is 4.92 Å². The van der Waals surface area contributed by atoms with E-state index in [1.807, 2.05) is 11.4 Å². The second-order valence-corrected chi connectivity index (χ2v) is 6.97. The third-order valence-corrected chi connectivity index (χ3v) is 4.59. The molecule has 2 aromatic rings. The minimum absolute atomic E-state index is 0.0347. The zero-order chi connectivity index (χ0) is 15.6. The van der Waals surface area contributed by atoms with Crippen molar-refractivity contribution in [2.75, 3.05) is 7.05 Å². The largest absolute Gasteiger partial charge is 0.337 e. The predicted octanol–water partition coefficient (Wildman–Crippen LogP) is 4.00. The lowest BCUT2D eigenvalue weighted by molar-refractivity contribution is -0.385. The maximum Gasteiger partial charge on any atom is 0.273 e. The van der Waals surface area contributed by atoms with E-state index in [2.05, 4.69) is 15.9 Å². The Labute approximate surface area is 134 Å². The molecule has 0 aliphatic heterocycles. The highest BCUT2D eigenvalue weighted by Gasteiger charge is 2.18. The highest BCUT2D eigenvalue weighted by Crippen LogP contribution is 2.23. The Morgan fingerprint density at radius 2 is 2.14 bits per heavy atom. The number of rotatable bonds is 4. The van der Waals surface area contributed by atoms with Crippen molar-refractivity contribution in [2.45, 2.75) is 13.5 Å². The van der Waals surface area contributed by atoms with Gasteiger partial charge in [-0.25, -0.2) is 0 Å². The number of carbonyl (C=O) groups is 1. The molecule has 110 valence electrons. The molecule has 0 unspecified atom stereocenters. The van der Waals surface area contributed by atoms with Crippen LogP contribution in [0.1, 0.15) is 21.5 Å². The Bertz CT molecular complexity index is 699. The zero-order valence-electron chi connectivity index (χ0n) is 11.5. The normalized spacial score (nSPS) is 10.4. The monoisotopic (exact) mass is 368 g/mol. The van der Waals surface area contributed by atoms with Gasteiger partial charge < -0.3 is 4.90 Å². The second-order valence-electron chi connectivity index (χ2n) is 4.68. The van der Waals surface area contributed by atoms with Crippen LogP contribution in [-0.2, 0) is 6.54 Å². The summed E-state index contributed by atoms with van der Waals surface area (Å²) >= 11 is 4.93. The molecule has 1 heterocycles. The lowest BCUT2D eigenvalue weighted by Crippen LogP contribution is -2.26. The Morgan fingerprint density at radius 3 is 2.71 bits per heavy atom. The van der Waals surface area contributed by atoms with Crippen LogP contribution in [0.4, 0.5) is 5.69 Å². The number of amides is 1. The number of benzene rings is 1. The molecule has 21 heavy (non-hydrogen) atoms. The number of nitrogens with zero attached hydrogens (tertiary/aromatic N) is 2. The topological polar surface area (TPSA) is 63.5 Å². The van der Waals surface area contributed by atoms with Crippen LogP contribution in [0.25, 0.3) is 0 Å². The Kier molecular flexibility index (Phi) is 4.74. The van der Waals surface area contributed by atoms with Gasteiger partial charge in [0.15, 0.2) is 0 Å². The van der Waals surface area contributed by atoms with Crippen molar-refractivity contribution in [3.63, 3.8) is 0 Å². The predicted molar refractivity (Wildman–Crippen MR) is 85.6 cm³/mol. The van der Waals surface area contributed by atoms with Gasteiger partial charge in [0.1, 0.15) is 0 Å². The van der Waals surface area contributed by atoms with Crippen LogP contribution in [0, 0.1) is 17.0 Å². The average Bonchev–Trinajstić information content (AvgIpc) is 2.83. The van der Waals surface area contributed by atoms with Gasteiger partial charge in [-0.3, -0.25) is 14.9 Å². The maximum atomic E-state index is 12.3. The van der Waals surface area contributed by atoms with E-state index in [1.54, 1.807) is 42.3 Å². The lowest BCUT2D eigenvalue weighted by Gasteiger charge is -2.16. The number of halogens is 1. The Morgan fingerprint density at radius 1 is 1.43 bits per heavy atom. The molecule has 1 aromatic carbocycles. The Balaban J connectivity index is 2.19. The van der Waals surface area contributed by atoms with E-state index >= 15 is 0 Å². The molecule has 0 bridgehead atoms. The molecule has 0 saturated carbocycles. The van der Waals surface area contributed by atoms with Crippen LogP contribution >= 0.6 is 27.3 Å². The molecule has 0 saturated heterocycles. The summed E-state index contributed by atoms with van der Waals surface area (Å²) in [6, 6.07) is 6.49. The van der Waals surface area contributed by atoms with Gasteiger partial charge in [0, 0.05) is 30.8 Å². The molecule has 0 aliphatic rings. The van der Waals surface area contributed by atoms with E-state index in [9.17, 15) is 14.9 Å². The minimum Gasteiger partial charge on any atom is -0.337 e. The number of hydrogen-bond acceptors (Lipinski definition) is 4. The van der Waals surface area contributed by atoms with Crippen LogP contribution < -0.4 is 0 Å². The Hall–Kier alpha value is -1.73. The van der Waals surface area contributed by atoms with Gasteiger partial charge in [0.25, 0.3) is 11.6 Å². The summed E-state index contributed by atoms with van der Waals surface area (Å²) in [6.45, 7) is 2.11. The number of thiophene rings is 1. The maximum absolute atomic E-state index is 12.3. The first-order chi connectivity index (χ1) is 9.88. The summed E-state index contributed by atoms with van der Waals surface area (Å²) in [4.78, 5) is 24.3. The fourth-order valence-electron chi connectivity index (χ4n) is 1.93. The van der Waals surface area contributed by atoms with Crippen LogP contribution in [0.15, 0.2) is 33.4 Å². The lowest BCUT2D eigenvalue weighted by atomic mass is 10.1. The van der Waals surface area contributed by atoms with Gasteiger partial charge in [-0.1, -0.05) is 6.07 Å². The summed E-state index contributed by atoms with van der Waals surface area (Å²) in [5.74, 6) is -0.236. The molecule has 1 amide bonds. The van der Waals surface area contributed by atoms with Crippen molar-refractivity contribution < 1.29 is 9.72 Å². The molecular weight excluding hydrogens is 356 g/mol. The van der Waals surface area contributed by atoms with E-state index in [4.69, 9.17) is 0 Å². The molecule has 5 nitrogen and oxygen atoms in total. The van der Waals surface area contributed by atoms with Crippen molar-refractivity contribution in [2.24, 2.45) is 0 Å². The second kappa shape index (κ2) is 6.36. The van der Waals surface area contributed by atoms with Crippen LogP contribution in [0.5, 0.6) is 0 Å². The molecule has 0 aliphatic carbocycles. The third-order valence-electron chi connectivity index (χ3n) is 3.04. The SMILES string of the molecule is Cc1ccc(C(=O)N(C)Cc2csc(Br)c2)cc1[N+](=O)[O-]. The molecular formula is C14H13BrN2O3S. The van der Waals surface area contributed by atoms with Gasteiger partial charge >= 0.3 is 0 Å². The van der Waals surface area contributed by atoms with E-state index in [0.717, 1.165) is 9.35 Å². The number of nitro groups is 1. The molecule has 7 heteroatoms. The van der Waals surface area contributed by atoms with Crippen molar-refractivity contribution in [3.8, 4) is 0 Å².